The lowest BCUT2D eigenvalue weighted by molar-refractivity contribution is 0.0539. The largest absolute Gasteiger partial charge is 0.491 e. The van der Waals surface area contributed by atoms with E-state index in [1.54, 1.807) is 11.8 Å². The van der Waals surface area contributed by atoms with Crippen molar-refractivity contribution in [3.05, 3.63) is 102 Å². The molecule has 7 nitrogen and oxygen atoms in total. The van der Waals surface area contributed by atoms with Gasteiger partial charge in [-0.25, -0.2) is 13.5 Å². The van der Waals surface area contributed by atoms with Crippen LogP contribution in [-0.4, -0.2) is 59.3 Å². The van der Waals surface area contributed by atoms with Crippen LogP contribution in [0.2, 0.25) is 0 Å². The van der Waals surface area contributed by atoms with Crippen LogP contribution in [0.15, 0.2) is 78.9 Å². The third-order valence-electron chi connectivity index (χ3n) is 5.89. The lowest BCUT2D eigenvalue weighted by atomic mass is 10.2. The van der Waals surface area contributed by atoms with Crippen molar-refractivity contribution < 1.29 is 28.1 Å². The maximum absolute atomic E-state index is 14.6. The molecule has 0 aliphatic rings. The lowest BCUT2D eigenvalue weighted by Crippen LogP contribution is -2.37. The summed E-state index contributed by atoms with van der Waals surface area (Å²) >= 11 is 0. The number of aryl methyl sites for hydroxylation is 1. The van der Waals surface area contributed by atoms with E-state index in [4.69, 9.17) is 14.2 Å². The Morgan fingerprint density at radius 2 is 1.71 bits per heavy atom. The van der Waals surface area contributed by atoms with E-state index in [1.165, 1.54) is 6.07 Å². The number of nitrogens with zero attached hydrogens (tertiary/aromatic N) is 3. The van der Waals surface area contributed by atoms with Gasteiger partial charge in [-0.15, -0.1) is 0 Å². The van der Waals surface area contributed by atoms with Gasteiger partial charge in [0.15, 0.2) is 11.6 Å². The number of hydrogen-bond acceptors (Lipinski definition) is 6. The van der Waals surface area contributed by atoms with E-state index >= 15 is 0 Å². The van der Waals surface area contributed by atoms with Crippen LogP contribution in [0.1, 0.15) is 11.3 Å². The maximum atomic E-state index is 14.6. The average molecular weight is 524 g/mol. The topological polar surface area (TPSA) is 69.0 Å². The summed E-state index contributed by atoms with van der Waals surface area (Å²) in [7, 11) is 1.61. The first-order chi connectivity index (χ1) is 18.4. The fourth-order valence-electron chi connectivity index (χ4n) is 3.97. The molecule has 1 atom stereocenters. The van der Waals surface area contributed by atoms with Crippen LogP contribution in [0, 0.1) is 18.6 Å². The van der Waals surface area contributed by atoms with Crippen molar-refractivity contribution in [2.24, 2.45) is 0 Å². The Morgan fingerprint density at radius 3 is 2.39 bits per heavy atom. The number of para-hydroxylation sites is 2. The van der Waals surface area contributed by atoms with Gasteiger partial charge in [-0.05, 0) is 43.3 Å². The molecule has 0 amide bonds. The summed E-state index contributed by atoms with van der Waals surface area (Å²) in [5.41, 5.74) is 2.09. The Labute approximate surface area is 220 Å². The highest BCUT2D eigenvalue weighted by Gasteiger charge is 2.23. The minimum absolute atomic E-state index is 0.111. The summed E-state index contributed by atoms with van der Waals surface area (Å²) in [6.45, 7) is 3.52. The molecule has 9 heteroatoms. The van der Waals surface area contributed by atoms with E-state index in [1.807, 2.05) is 72.5 Å². The molecule has 0 aliphatic heterocycles. The van der Waals surface area contributed by atoms with Crippen LogP contribution in [0.4, 0.5) is 8.78 Å². The molecule has 0 bridgehead atoms. The van der Waals surface area contributed by atoms with Crippen molar-refractivity contribution in [3.8, 4) is 23.1 Å². The molecule has 38 heavy (non-hydrogen) atoms. The van der Waals surface area contributed by atoms with Crippen LogP contribution in [0.5, 0.6) is 17.4 Å². The van der Waals surface area contributed by atoms with Crippen molar-refractivity contribution in [1.82, 2.24) is 14.7 Å². The quantitative estimate of drug-likeness (QED) is 0.262. The van der Waals surface area contributed by atoms with Crippen molar-refractivity contribution >= 4 is 0 Å². The normalized spacial score (nSPS) is 12.1. The van der Waals surface area contributed by atoms with E-state index in [2.05, 4.69) is 5.10 Å². The van der Waals surface area contributed by atoms with Crippen LogP contribution in [0.3, 0.4) is 0 Å². The Morgan fingerprint density at radius 1 is 1.00 bits per heavy atom. The van der Waals surface area contributed by atoms with Gasteiger partial charge in [0.1, 0.15) is 24.3 Å². The summed E-state index contributed by atoms with van der Waals surface area (Å²) in [5, 5.41) is 15.4. The van der Waals surface area contributed by atoms with Crippen molar-refractivity contribution in [2.75, 3.05) is 33.4 Å². The average Bonchev–Trinajstić information content (AvgIpc) is 3.23. The number of methoxy groups -OCH3 is 1. The second kappa shape index (κ2) is 13.1. The summed E-state index contributed by atoms with van der Waals surface area (Å²) in [6.07, 6.45) is -0.782. The third kappa shape index (κ3) is 7.16. The van der Waals surface area contributed by atoms with E-state index in [-0.39, 0.29) is 18.9 Å². The van der Waals surface area contributed by atoms with Gasteiger partial charge in [0.25, 0.3) is 0 Å². The minimum atomic E-state index is -0.820. The van der Waals surface area contributed by atoms with Gasteiger partial charge in [0.05, 0.1) is 23.6 Å². The zero-order chi connectivity index (χ0) is 26.9. The molecular formula is C29H31F2N3O4. The maximum Gasteiger partial charge on any atom is 0.227 e. The number of benzene rings is 3. The Bertz CT molecular complexity index is 1300. The summed E-state index contributed by atoms with van der Waals surface area (Å²) in [6, 6.07) is 21.8. The monoisotopic (exact) mass is 523 g/mol. The number of aliphatic hydroxyl groups is 1. The van der Waals surface area contributed by atoms with E-state index in [0.29, 0.717) is 42.6 Å². The molecule has 1 heterocycles. The fourth-order valence-corrected chi connectivity index (χ4v) is 3.97. The minimum Gasteiger partial charge on any atom is -0.491 e. The molecule has 0 radical (unpaired) electrons. The zero-order valence-corrected chi connectivity index (χ0v) is 21.4. The molecule has 200 valence electrons. The van der Waals surface area contributed by atoms with Gasteiger partial charge in [0, 0.05) is 32.8 Å². The molecule has 0 fully saturated rings. The number of halogens is 2. The molecule has 0 saturated carbocycles. The summed E-state index contributed by atoms with van der Waals surface area (Å²) < 4.78 is 46.7. The highest BCUT2D eigenvalue weighted by atomic mass is 19.1. The number of aromatic nitrogens is 2. The molecular weight excluding hydrogens is 492 g/mol. The van der Waals surface area contributed by atoms with Gasteiger partial charge in [-0.2, -0.15) is 5.10 Å². The second-order valence-electron chi connectivity index (χ2n) is 8.80. The molecule has 4 aromatic rings. The van der Waals surface area contributed by atoms with Gasteiger partial charge in [0.2, 0.25) is 5.88 Å². The highest BCUT2D eigenvalue weighted by Crippen LogP contribution is 2.33. The molecule has 1 unspecified atom stereocenters. The molecule has 0 saturated heterocycles. The van der Waals surface area contributed by atoms with E-state index in [9.17, 15) is 13.9 Å². The van der Waals surface area contributed by atoms with Gasteiger partial charge in [-0.3, -0.25) is 4.90 Å². The first-order valence-electron chi connectivity index (χ1n) is 12.3. The van der Waals surface area contributed by atoms with Crippen LogP contribution < -0.4 is 9.47 Å². The number of aliphatic hydroxyl groups excluding tert-OH is 1. The number of ether oxygens (including phenoxy) is 3. The SMILES string of the molecule is COCCN(Cc1c(C)nn(-c2ccccc2)c1Oc1ccc(F)cc1F)CC(O)COc1ccccc1. The number of rotatable bonds is 13. The smallest absolute Gasteiger partial charge is 0.227 e. The lowest BCUT2D eigenvalue weighted by Gasteiger charge is -2.25. The van der Waals surface area contributed by atoms with Crippen molar-refractivity contribution in [2.45, 2.75) is 19.6 Å². The van der Waals surface area contributed by atoms with E-state index < -0.39 is 17.7 Å². The van der Waals surface area contributed by atoms with Crippen LogP contribution in [-0.2, 0) is 11.3 Å². The molecule has 3 aromatic carbocycles. The molecule has 0 aliphatic carbocycles. The van der Waals surface area contributed by atoms with Crippen molar-refractivity contribution in [3.63, 3.8) is 0 Å². The standard InChI is InChI=1S/C29H31F2N3O4/c1-21-26(19-33(15-16-36-2)18-24(35)20-37-25-11-7-4-8-12-25)29(34(32-21)23-9-5-3-6-10-23)38-28-14-13-22(30)17-27(28)31/h3-14,17,24,35H,15-16,18-20H2,1-2H3. The molecule has 1 aromatic heterocycles. The zero-order valence-electron chi connectivity index (χ0n) is 21.4. The van der Waals surface area contributed by atoms with Gasteiger partial charge >= 0.3 is 0 Å². The summed E-state index contributed by atoms with van der Waals surface area (Å²) in [4.78, 5) is 2.00. The first-order valence-corrected chi connectivity index (χ1v) is 12.3. The predicted molar refractivity (Wildman–Crippen MR) is 140 cm³/mol. The highest BCUT2D eigenvalue weighted by molar-refractivity contribution is 5.43. The van der Waals surface area contributed by atoms with Crippen LogP contribution >= 0.6 is 0 Å². The van der Waals surface area contributed by atoms with Gasteiger partial charge in [-0.1, -0.05) is 36.4 Å². The molecule has 1 N–H and O–H groups in total. The fraction of sp³-hybridized carbons (Fsp3) is 0.276. The predicted octanol–water partition coefficient (Wildman–Crippen LogP) is 5.14. The Hall–Kier alpha value is -3.79. The first kappa shape index (κ1) is 27.3. The third-order valence-corrected chi connectivity index (χ3v) is 5.89. The molecule has 4 rings (SSSR count). The Kier molecular flexibility index (Phi) is 9.42. The van der Waals surface area contributed by atoms with Crippen molar-refractivity contribution in [1.29, 1.82) is 0 Å². The number of hydrogen-bond donors (Lipinski definition) is 1. The van der Waals surface area contributed by atoms with E-state index in [0.717, 1.165) is 17.8 Å². The van der Waals surface area contributed by atoms with Gasteiger partial charge < -0.3 is 19.3 Å². The van der Waals surface area contributed by atoms with Crippen LogP contribution in [0.25, 0.3) is 5.69 Å². The summed E-state index contributed by atoms with van der Waals surface area (Å²) in [5.74, 6) is -0.660. The Balaban J connectivity index is 1.60. The second-order valence-corrected chi connectivity index (χ2v) is 8.80. The molecule has 0 spiro atoms.